The van der Waals surface area contributed by atoms with Gasteiger partial charge in [-0.15, -0.1) is 0 Å². The molecule has 0 spiro atoms. The number of nitrogens with zero attached hydrogens (tertiary/aromatic N) is 1. The third-order valence-corrected chi connectivity index (χ3v) is 2.67. The Kier molecular flexibility index (Phi) is 4.18. The Morgan fingerprint density at radius 3 is 2.47 bits per heavy atom. The molecule has 3 heteroatoms. The van der Waals surface area contributed by atoms with E-state index in [0.717, 1.165) is 22.7 Å². The zero-order valence-corrected chi connectivity index (χ0v) is 11.6. The number of nitrogens with one attached hydrogen (secondary N) is 2. The van der Waals surface area contributed by atoms with Gasteiger partial charge < -0.3 is 10.3 Å². The third-order valence-electron chi connectivity index (χ3n) is 2.67. The number of anilines is 2. The first-order valence-corrected chi connectivity index (χ1v) is 6.60. The number of aryl methyl sites for hydroxylation is 1. The summed E-state index contributed by atoms with van der Waals surface area (Å²) < 4.78 is 0. The zero-order chi connectivity index (χ0) is 13.7. The number of aromatic nitrogens is 2. The summed E-state index contributed by atoms with van der Waals surface area (Å²) in [5, 5.41) is 3.25. The van der Waals surface area contributed by atoms with Crippen molar-refractivity contribution in [2.75, 3.05) is 5.32 Å². The van der Waals surface area contributed by atoms with Crippen LogP contribution in [0, 0.1) is 6.92 Å². The van der Waals surface area contributed by atoms with Gasteiger partial charge in [-0.2, -0.15) is 0 Å². The average molecular weight is 253 g/mol. The van der Waals surface area contributed by atoms with Crippen molar-refractivity contribution in [3.8, 4) is 0 Å². The molecule has 0 amide bonds. The number of imidazole rings is 1. The smallest absolute Gasteiger partial charge is 0.205 e. The third kappa shape index (κ3) is 3.13. The Balaban J connectivity index is 0.000000637. The minimum Gasteiger partial charge on any atom is -0.326 e. The monoisotopic (exact) mass is 253 g/mol. The highest BCUT2D eigenvalue weighted by Crippen LogP contribution is 2.18. The first-order chi connectivity index (χ1) is 9.31. The summed E-state index contributed by atoms with van der Waals surface area (Å²) in [5.74, 6) is 0.775. The molecular formula is C16H19N3. The van der Waals surface area contributed by atoms with Crippen molar-refractivity contribution in [3.05, 3.63) is 54.1 Å². The lowest BCUT2D eigenvalue weighted by molar-refractivity contribution is 1.31. The molecule has 0 saturated heterocycles. The van der Waals surface area contributed by atoms with Crippen LogP contribution in [0.3, 0.4) is 0 Å². The van der Waals surface area contributed by atoms with Crippen LogP contribution in [-0.4, -0.2) is 9.97 Å². The van der Waals surface area contributed by atoms with Crippen LogP contribution in [0.5, 0.6) is 0 Å². The van der Waals surface area contributed by atoms with Crippen LogP contribution in [-0.2, 0) is 0 Å². The van der Waals surface area contributed by atoms with Gasteiger partial charge in [-0.1, -0.05) is 38.1 Å². The molecule has 0 unspecified atom stereocenters. The van der Waals surface area contributed by atoms with E-state index in [1.807, 2.05) is 50.2 Å². The summed E-state index contributed by atoms with van der Waals surface area (Å²) in [6.45, 7) is 6.07. The van der Waals surface area contributed by atoms with E-state index < -0.39 is 0 Å². The van der Waals surface area contributed by atoms with Crippen molar-refractivity contribution < 1.29 is 0 Å². The second-order valence-corrected chi connectivity index (χ2v) is 4.10. The molecule has 98 valence electrons. The molecule has 3 rings (SSSR count). The summed E-state index contributed by atoms with van der Waals surface area (Å²) in [5.41, 5.74) is 4.30. The van der Waals surface area contributed by atoms with Crippen molar-refractivity contribution in [2.24, 2.45) is 0 Å². The van der Waals surface area contributed by atoms with E-state index >= 15 is 0 Å². The first-order valence-electron chi connectivity index (χ1n) is 6.60. The van der Waals surface area contributed by atoms with Crippen LogP contribution in [0.2, 0.25) is 0 Å². The maximum Gasteiger partial charge on any atom is 0.205 e. The lowest BCUT2D eigenvalue weighted by atomic mass is 10.2. The molecule has 2 N–H and O–H groups in total. The van der Waals surface area contributed by atoms with Crippen LogP contribution in [0.4, 0.5) is 11.6 Å². The highest BCUT2D eigenvalue weighted by Gasteiger charge is 2.02. The number of hydrogen-bond donors (Lipinski definition) is 2. The van der Waals surface area contributed by atoms with Gasteiger partial charge in [-0.25, -0.2) is 4.98 Å². The highest BCUT2D eigenvalue weighted by molar-refractivity contribution is 5.79. The van der Waals surface area contributed by atoms with Gasteiger partial charge in [0, 0.05) is 5.69 Å². The topological polar surface area (TPSA) is 40.7 Å². The molecule has 3 nitrogen and oxygen atoms in total. The molecule has 1 aromatic heterocycles. The number of hydrogen-bond acceptors (Lipinski definition) is 2. The van der Waals surface area contributed by atoms with Crippen molar-refractivity contribution >= 4 is 22.7 Å². The molecule has 0 saturated carbocycles. The lowest BCUT2D eigenvalue weighted by Gasteiger charge is -2.00. The van der Waals surface area contributed by atoms with E-state index in [4.69, 9.17) is 0 Å². The van der Waals surface area contributed by atoms with Gasteiger partial charge in [0.25, 0.3) is 0 Å². The van der Waals surface area contributed by atoms with E-state index in [2.05, 4.69) is 34.3 Å². The minimum absolute atomic E-state index is 0.775. The summed E-state index contributed by atoms with van der Waals surface area (Å²) in [4.78, 5) is 7.75. The molecule has 0 aliphatic rings. The Hall–Kier alpha value is -2.29. The van der Waals surface area contributed by atoms with Crippen molar-refractivity contribution in [3.63, 3.8) is 0 Å². The molecule has 19 heavy (non-hydrogen) atoms. The number of para-hydroxylation sites is 1. The normalized spacial score (nSPS) is 9.84. The fraction of sp³-hybridized carbons (Fsp3) is 0.188. The van der Waals surface area contributed by atoms with Gasteiger partial charge in [0.05, 0.1) is 11.0 Å². The second-order valence-electron chi connectivity index (χ2n) is 4.10. The summed E-state index contributed by atoms with van der Waals surface area (Å²) in [6, 6.07) is 16.2. The van der Waals surface area contributed by atoms with E-state index in [9.17, 15) is 0 Å². The molecule has 0 fully saturated rings. The second kappa shape index (κ2) is 6.05. The minimum atomic E-state index is 0.775. The van der Waals surface area contributed by atoms with Crippen molar-refractivity contribution in [1.29, 1.82) is 0 Å². The van der Waals surface area contributed by atoms with Crippen LogP contribution in [0.1, 0.15) is 19.4 Å². The Labute approximate surface area is 113 Å². The van der Waals surface area contributed by atoms with Gasteiger partial charge >= 0.3 is 0 Å². The molecule has 0 atom stereocenters. The summed E-state index contributed by atoms with van der Waals surface area (Å²) in [7, 11) is 0. The Morgan fingerprint density at radius 1 is 1.00 bits per heavy atom. The predicted molar refractivity (Wildman–Crippen MR) is 81.9 cm³/mol. The van der Waals surface area contributed by atoms with Crippen LogP contribution < -0.4 is 5.32 Å². The van der Waals surface area contributed by atoms with Gasteiger partial charge in [0.2, 0.25) is 5.95 Å². The Morgan fingerprint density at radius 2 is 1.74 bits per heavy atom. The molecular weight excluding hydrogens is 234 g/mol. The van der Waals surface area contributed by atoms with Crippen LogP contribution >= 0.6 is 0 Å². The average Bonchev–Trinajstić information content (AvgIpc) is 2.83. The summed E-state index contributed by atoms with van der Waals surface area (Å²) in [6.07, 6.45) is 0. The molecule has 1 heterocycles. The van der Waals surface area contributed by atoms with Gasteiger partial charge in [-0.05, 0) is 36.8 Å². The molecule has 0 bridgehead atoms. The SMILES string of the molecule is CC.Cc1ccc2nc(Nc3ccccc3)[nH]c2c1. The lowest BCUT2D eigenvalue weighted by Crippen LogP contribution is -1.90. The van der Waals surface area contributed by atoms with E-state index in [-0.39, 0.29) is 0 Å². The fourth-order valence-electron chi connectivity index (χ4n) is 1.84. The van der Waals surface area contributed by atoms with E-state index in [0.29, 0.717) is 0 Å². The molecule has 0 aliphatic carbocycles. The first kappa shape index (κ1) is 13.1. The van der Waals surface area contributed by atoms with E-state index in [1.54, 1.807) is 0 Å². The van der Waals surface area contributed by atoms with Crippen molar-refractivity contribution in [1.82, 2.24) is 9.97 Å². The zero-order valence-electron chi connectivity index (χ0n) is 11.6. The molecule has 0 radical (unpaired) electrons. The van der Waals surface area contributed by atoms with Gasteiger partial charge in [0.1, 0.15) is 0 Å². The Bertz CT molecular complexity index is 641. The van der Waals surface area contributed by atoms with Crippen molar-refractivity contribution in [2.45, 2.75) is 20.8 Å². The quantitative estimate of drug-likeness (QED) is 0.698. The number of rotatable bonds is 2. The van der Waals surface area contributed by atoms with Crippen LogP contribution in [0.15, 0.2) is 48.5 Å². The van der Waals surface area contributed by atoms with Gasteiger partial charge in [-0.3, -0.25) is 0 Å². The predicted octanol–water partition coefficient (Wildman–Crippen LogP) is 4.64. The standard InChI is InChI=1S/C14H13N3.C2H6/c1-10-7-8-12-13(9-10)17-14(16-12)15-11-5-3-2-4-6-11;1-2/h2-9H,1H3,(H2,15,16,17);1-2H3. The summed E-state index contributed by atoms with van der Waals surface area (Å²) >= 11 is 0. The number of fused-ring (bicyclic) bond motifs is 1. The van der Waals surface area contributed by atoms with E-state index in [1.165, 1.54) is 5.56 Å². The van der Waals surface area contributed by atoms with Crippen LogP contribution in [0.25, 0.3) is 11.0 Å². The number of benzene rings is 2. The fourth-order valence-corrected chi connectivity index (χ4v) is 1.84. The molecule has 2 aromatic carbocycles. The van der Waals surface area contributed by atoms with Gasteiger partial charge in [0.15, 0.2) is 0 Å². The molecule has 0 aliphatic heterocycles. The maximum atomic E-state index is 4.48. The largest absolute Gasteiger partial charge is 0.326 e. The molecule has 3 aromatic rings. The number of H-pyrrole nitrogens is 1. The number of aromatic amines is 1. The maximum absolute atomic E-state index is 4.48. The highest BCUT2D eigenvalue weighted by atomic mass is 15.1.